The number of rotatable bonds is 9. The van der Waals surface area contributed by atoms with Gasteiger partial charge in [0.25, 0.3) is 0 Å². The number of Topliss-reactive ketones (excluding diaryl/α,β-unsaturated/α-hetero) is 1. The minimum Gasteiger partial charge on any atom is -0.344 e. The fourth-order valence-corrected chi connectivity index (χ4v) is 8.46. The second-order valence-corrected chi connectivity index (χ2v) is 14.1. The summed E-state index contributed by atoms with van der Waals surface area (Å²) in [5.74, 6) is -0.351. The first-order valence-electron chi connectivity index (χ1n) is 14.7. The van der Waals surface area contributed by atoms with Crippen molar-refractivity contribution in [3.05, 3.63) is 0 Å². The highest BCUT2D eigenvalue weighted by Gasteiger charge is 2.56. The number of hydrogen-bond donors (Lipinski definition) is 1. The number of nitrogens with zero attached hydrogens (tertiary/aromatic N) is 2. The van der Waals surface area contributed by atoms with Gasteiger partial charge in [0.15, 0.2) is 0 Å². The second kappa shape index (κ2) is 12.1. The lowest BCUT2D eigenvalue weighted by molar-refractivity contribution is -0.141. The van der Waals surface area contributed by atoms with Crippen LogP contribution in [0, 0.1) is 23.7 Å². The van der Waals surface area contributed by atoms with E-state index in [9.17, 15) is 22.8 Å². The molecule has 0 aromatic carbocycles. The fraction of sp³-hybridized carbons (Fsp3) is 0.893. The number of amides is 2. The summed E-state index contributed by atoms with van der Waals surface area (Å²) in [6.45, 7) is 4.44. The molecule has 210 valence electrons. The lowest BCUT2D eigenvalue weighted by atomic mass is 9.81. The van der Waals surface area contributed by atoms with Gasteiger partial charge in [0.2, 0.25) is 21.8 Å². The van der Waals surface area contributed by atoms with Crippen LogP contribution in [0.4, 0.5) is 0 Å². The minimum absolute atomic E-state index is 0.0807. The Kier molecular flexibility index (Phi) is 9.36. The Morgan fingerprint density at radius 1 is 0.946 bits per heavy atom. The Hall–Kier alpha value is -1.48. The molecule has 2 aliphatic carbocycles. The molecule has 2 amide bonds. The number of hydrogen-bond acceptors (Lipinski definition) is 5. The van der Waals surface area contributed by atoms with Crippen molar-refractivity contribution in [2.24, 2.45) is 23.7 Å². The van der Waals surface area contributed by atoms with Crippen LogP contribution in [-0.4, -0.2) is 72.7 Å². The summed E-state index contributed by atoms with van der Waals surface area (Å²) in [7, 11) is -3.51. The normalized spacial score (nSPS) is 29.6. The fourth-order valence-electron chi connectivity index (χ4n) is 7.30. The maximum absolute atomic E-state index is 14.2. The van der Waals surface area contributed by atoms with E-state index >= 15 is 0 Å². The summed E-state index contributed by atoms with van der Waals surface area (Å²) in [5, 5.41) is 3.10. The first-order valence-corrected chi connectivity index (χ1v) is 16.6. The van der Waals surface area contributed by atoms with Crippen molar-refractivity contribution < 1.29 is 22.8 Å². The van der Waals surface area contributed by atoms with Crippen molar-refractivity contribution in [3.63, 3.8) is 0 Å². The Labute approximate surface area is 223 Å². The van der Waals surface area contributed by atoms with Crippen molar-refractivity contribution in [3.8, 4) is 0 Å². The van der Waals surface area contributed by atoms with Crippen molar-refractivity contribution in [1.82, 2.24) is 14.5 Å². The lowest BCUT2D eigenvalue weighted by Crippen LogP contribution is -2.56. The van der Waals surface area contributed by atoms with E-state index in [4.69, 9.17) is 0 Å². The predicted molar refractivity (Wildman–Crippen MR) is 143 cm³/mol. The standard InChI is InChI=1S/C28H47N3O5S/c1-4-19(2)27(33)29-25(21-13-9-6-10-14-21)28(34)30-16-15-23-26(30)22(18-31(23)37(3,35)36)24(32)17-20-11-7-5-8-12-20/h19-23,25-26H,4-18H2,1-3H3,(H,29,33)/t19-,22-,23-,25+,26-/m1/s1. The van der Waals surface area contributed by atoms with Gasteiger partial charge >= 0.3 is 0 Å². The average molecular weight is 538 g/mol. The number of carbonyl (C=O) groups excluding carboxylic acids is 3. The molecular weight excluding hydrogens is 490 g/mol. The number of carbonyl (C=O) groups is 3. The molecule has 2 aliphatic heterocycles. The van der Waals surface area contributed by atoms with E-state index in [1.54, 1.807) is 4.90 Å². The van der Waals surface area contributed by atoms with Crippen LogP contribution in [0.15, 0.2) is 0 Å². The molecule has 37 heavy (non-hydrogen) atoms. The lowest BCUT2D eigenvalue weighted by Gasteiger charge is -2.36. The Morgan fingerprint density at radius 3 is 2.16 bits per heavy atom. The van der Waals surface area contributed by atoms with Crippen LogP contribution < -0.4 is 5.32 Å². The van der Waals surface area contributed by atoms with Crippen LogP contribution in [0.3, 0.4) is 0 Å². The molecule has 2 heterocycles. The zero-order valence-electron chi connectivity index (χ0n) is 23.0. The molecule has 0 unspecified atom stereocenters. The van der Waals surface area contributed by atoms with E-state index in [1.165, 1.54) is 17.0 Å². The van der Waals surface area contributed by atoms with Crippen molar-refractivity contribution in [2.75, 3.05) is 19.3 Å². The van der Waals surface area contributed by atoms with Gasteiger partial charge < -0.3 is 10.2 Å². The van der Waals surface area contributed by atoms with Crippen LogP contribution in [0.2, 0.25) is 0 Å². The first kappa shape index (κ1) is 28.5. The SMILES string of the molecule is CC[C@@H](C)C(=O)N[C@H](C(=O)N1CC[C@@H]2[C@H]1[C@@H](C(=O)CC1CCCCC1)CN2S(C)(=O)=O)C1CCCCC1. The van der Waals surface area contributed by atoms with Gasteiger partial charge in [-0.1, -0.05) is 65.2 Å². The topological polar surface area (TPSA) is 104 Å². The van der Waals surface area contributed by atoms with E-state index in [1.807, 2.05) is 13.8 Å². The Morgan fingerprint density at radius 2 is 1.57 bits per heavy atom. The van der Waals surface area contributed by atoms with E-state index in [2.05, 4.69) is 5.32 Å². The molecule has 4 aliphatic rings. The molecule has 0 radical (unpaired) electrons. The third kappa shape index (κ3) is 6.40. The maximum atomic E-state index is 14.2. The van der Waals surface area contributed by atoms with Crippen LogP contribution in [0.1, 0.15) is 97.3 Å². The molecule has 8 nitrogen and oxygen atoms in total. The van der Waals surface area contributed by atoms with E-state index in [-0.39, 0.29) is 42.0 Å². The predicted octanol–water partition coefficient (Wildman–Crippen LogP) is 3.50. The third-order valence-corrected chi connectivity index (χ3v) is 10.9. The van der Waals surface area contributed by atoms with Gasteiger partial charge in [0.05, 0.1) is 18.2 Å². The van der Waals surface area contributed by atoms with E-state index < -0.39 is 28.0 Å². The zero-order valence-corrected chi connectivity index (χ0v) is 23.8. The highest BCUT2D eigenvalue weighted by molar-refractivity contribution is 7.88. The number of nitrogens with one attached hydrogen (secondary N) is 1. The third-order valence-electron chi connectivity index (χ3n) is 9.66. The van der Waals surface area contributed by atoms with E-state index in [0.29, 0.717) is 31.7 Å². The molecule has 2 saturated carbocycles. The quantitative estimate of drug-likeness (QED) is 0.485. The molecule has 1 N–H and O–H groups in total. The number of likely N-dealkylation sites (tertiary alicyclic amines) is 1. The molecule has 9 heteroatoms. The summed E-state index contributed by atoms with van der Waals surface area (Å²) < 4.78 is 26.9. The number of sulfonamides is 1. The molecular formula is C28H47N3O5S. The number of ketones is 1. The molecule has 5 atom stereocenters. The van der Waals surface area contributed by atoms with Crippen LogP contribution in [-0.2, 0) is 24.4 Å². The molecule has 4 fully saturated rings. The van der Waals surface area contributed by atoms with E-state index in [0.717, 1.165) is 57.8 Å². The summed E-state index contributed by atoms with van der Waals surface area (Å²) in [4.78, 5) is 42.5. The molecule has 0 bridgehead atoms. The molecule has 4 rings (SSSR count). The smallest absolute Gasteiger partial charge is 0.245 e. The van der Waals surface area contributed by atoms with Crippen molar-refractivity contribution in [2.45, 2.75) is 115 Å². The van der Waals surface area contributed by atoms with Crippen LogP contribution in [0.25, 0.3) is 0 Å². The van der Waals surface area contributed by atoms with Gasteiger partial charge in [0.1, 0.15) is 11.8 Å². The summed E-state index contributed by atoms with van der Waals surface area (Å²) >= 11 is 0. The van der Waals surface area contributed by atoms with Gasteiger partial charge in [-0.15, -0.1) is 0 Å². The summed E-state index contributed by atoms with van der Waals surface area (Å²) in [5.41, 5.74) is 0. The molecule has 0 aromatic heterocycles. The van der Waals surface area contributed by atoms with Crippen LogP contribution in [0.5, 0.6) is 0 Å². The first-order chi connectivity index (χ1) is 17.6. The van der Waals surface area contributed by atoms with Gasteiger partial charge in [-0.25, -0.2) is 8.42 Å². The zero-order chi connectivity index (χ0) is 26.7. The number of fused-ring (bicyclic) bond motifs is 1. The summed E-state index contributed by atoms with van der Waals surface area (Å²) in [6, 6.07) is -1.41. The maximum Gasteiger partial charge on any atom is 0.245 e. The van der Waals surface area contributed by atoms with Crippen LogP contribution >= 0.6 is 0 Å². The van der Waals surface area contributed by atoms with Gasteiger partial charge in [0, 0.05) is 31.5 Å². The van der Waals surface area contributed by atoms with Gasteiger partial charge in [-0.3, -0.25) is 14.4 Å². The van der Waals surface area contributed by atoms with Gasteiger partial charge in [-0.2, -0.15) is 4.31 Å². The Bertz CT molecular complexity index is 941. The molecule has 0 spiro atoms. The minimum atomic E-state index is -3.51. The van der Waals surface area contributed by atoms with Crippen molar-refractivity contribution >= 4 is 27.6 Å². The average Bonchev–Trinajstić information content (AvgIpc) is 3.48. The molecule has 2 saturated heterocycles. The monoisotopic (exact) mass is 537 g/mol. The second-order valence-electron chi connectivity index (χ2n) is 12.2. The van der Waals surface area contributed by atoms with Gasteiger partial charge in [-0.05, 0) is 37.5 Å². The Balaban J connectivity index is 1.58. The largest absolute Gasteiger partial charge is 0.344 e. The highest BCUT2D eigenvalue weighted by atomic mass is 32.2. The summed E-state index contributed by atoms with van der Waals surface area (Å²) in [6.07, 6.45) is 13.6. The molecule has 0 aromatic rings. The highest BCUT2D eigenvalue weighted by Crippen LogP contribution is 2.40. The van der Waals surface area contributed by atoms with Crippen molar-refractivity contribution in [1.29, 1.82) is 0 Å².